The number of halogens is 13. The van der Waals surface area contributed by atoms with Gasteiger partial charge in [0.1, 0.15) is 0 Å². The van der Waals surface area contributed by atoms with Gasteiger partial charge in [-0.05, 0) is 0 Å². The quantitative estimate of drug-likeness (QED) is 0.422. The Bertz CT molecular complexity index is 561. The highest BCUT2D eigenvalue weighted by molar-refractivity contribution is 5.90. The van der Waals surface area contributed by atoms with E-state index in [9.17, 15) is 66.7 Å². The molecule has 0 aromatic heterocycles. The van der Waals surface area contributed by atoms with Gasteiger partial charge in [0.15, 0.2) is 0 Å². The van der Waals surface area contributed by atoms with Crippen LogP contribution < -0.4 is 0 Å². The normalized spacial score (nSPS) is 27.5. The van der Waals surface area contributed by atoms with Gasteiger partial charge in [0.05, 0.1) is 0 Å². The lowest BCUT2D eigenvalue weighted by atomic mass is 10.1. The molecule has 0 spiro atoms. The first kappa shape index (κ1) is 20.4. The molecule has 1 atom stereocenters. The maximum absolute atomic E-state index is 13.7. The number of likely N-dealkylation sites (tertiary alicyclic amines) is 1. The monoisotopic (exact) mass is 389 g/mol. The van der Waals surface area contributed by atoms with Gasteiger partial charge in [0.2, 0.25) is 0 Å². The van der Waals surface area contributed by atoms with Crippen molar-refractivity contribution in [3.63, 3.8) is 0 Å². The molecule has 1 heterocycles. The third-order valence-corrected chi connectivity index (χ3v) is 2.94. The second-order valence-corrected chi connectivity index (χ2v) is 4.31. The Morgan fingerprint density at radius 1 is 0.667 bits per heavy atom. The van der Waals surface area contributed by atoms with Crippen LogP contribution in [0.2, 0.25) is 0 Å². The minimum absolute atomic E-state index is 3.84. The Morgan fingerprint density at radius 3 is 1.17 bits per heavy atom. The second-order valence-electron chi connectivity index (χ2n) is 4.31. The Labute approximate surface area is 121 Å². The summed E-state index contributed by atoms with van der Waals surface area (Å²) in [6.45, 7) is 0. The first-order valence-electron chi connectivity index (χ1n) is 5.04. The Morgan fingerprint density at radius 2 is 0.958 bits per heavy atom. The molecule has 3 nitrogen and oxygen atoms in total. The lowest BCUT2D eigenvalue weighted by Crippen LogP contribution is -2.71. The average Bonchev–Trinajstić information content (AvgIpc) is 2.42. The van der Waals surface area contributed by atoms with Gasteiger partial charge in [-0.1, -0.05) is 0 Å². The topological polar surface area (TPSA) is 37.4 Å². The van der Waals surface area contributed by atoms with Crippen LogP contribution in [0.3, 0.4) is 0 Å². The first-order valence-corrected chi connectivity index (χ1v) is 5.04. The molecule has 0 aromatic carbocycles. The summed E-state index contributed by atoms with van der Waals surface area (Å²) in [5.41, 5.74) is 0. The van der Waals surface area contributed by atoms with E-state index in [1.807, 2.05) is 0 Å². The summed E-state index contributed by atoms with van der Waals surface area (Å²) in [7, 11) is 0. The number of carbonyl (C=O) groups is 2. The van der Waals surface area contributed by atoms with Crippen LogP contribution in [0.15, 0.2) is 0 Å². The molecule has 0 radical (unpaired) electrons. The molecule has 1 fully saturated rings. The highest BCUT2D eigenvalue weighted by atomic mass is 19.4. The predicted octanol–water partition coefficient (Wildman–Crippen LogP) is 3.05. The van der Waals surface area contributed by atoms with E-state index in [0.29, 0.717) is 0 Å². The fraction of sp³-hybridized carbons (Fsp3) is 0.750. The van der Waals surface area contributed by atoms with E-state index < -0.39 is 52.6 Å². The van der Waals surface area contributed by atoms with E-state index in [4.69, 9.17) is 0 Å². The van der Waals surface area contributed by atoms with Crippen molar-refractivity contribution in [2.75, 3.05) is 0 Å². The Kier molecular flexibility index (Phi) is 4.02. The molecule has 0 bridgehead atoms. The molecule has 0 aromatic rings. The van der Waals surface area contributed by atoms with Gasteiger partial charge in [0, 0.05) is 0 Å². The summed E-state index contributed by atoms with van der Waals surface area (Å²) in [5, 5.41) is 0. The number of hydrogen-bond donors (Lipinski definition) is 0. The minimum atomic E-state index is -7.35. The zero-order valence-electron chi connectivity index (χ0n) is 10.2. The maximum Gasteiger partial charge on any atom is 0.394 e. The standard InChI is InChI=1S/C8F13NO2/c9-1(23)3(11,12)4(13,2(10)24)22-7(18,19)5(14,15)6(16,17)8(22,20)21. The number of hydrogen-bond acceptors (Lipinski definition) is 3. The summed E-state index contributed by atoms with van der Waals surface area (Å²) >= 11 is 0. The molecule has 24 heavy (non-hydrogen) atoms. The first-order chi connectivity index (χ1) is 10.3. The Hall–Kier alpha value is -1.61. The van der Waals surface area contributed by atoms with Crippen molar-refractivity contribution in [3.05, 3.63) is 0 Å². The summed E-state index contributed by atoms with van der Waals surface area (Å²) in [4.78, 5) is 16.2. The van der Waals surface area contributed by atoms with Crippen LogP contribution in [0, 0.1) is 0 Å². The van der Waals surface area contributed by atoms with Crippen molar-refractivity contribution < 1.29 is 66.7 Å². The number of nitrogens with zero attached hydrogens (tertiary/aromatic N) is 1. The summed E-state index contributed by atoms with van der Waals surface area (Å²) in [6.07, 6.45) is 0. The van der Waals surface area contributed by atoms with Crippen LogP contribution in [0.25, 0.3) is 0 Å². The molecule has 0 aliphatic carbocycles. The van der Waals surface area contributed by atoms with E-state index in [0.717, 1.165) is 0 Å². The van der Waals surface area contributed by atoms with Crippen molar-refractivity contribution in [3.8, 4) is 0 Å². The number of rotatable bonds is 4. The maximum atomic E-state index is 13.7. The van der Waals surface area contributed by atoms with E-state index in [1.54, 1.807) is 0 Å². The van der Waals surface area contributed by atoms with Gasteiger partial charge in [0.25, 0.3) is 0 Å². The molecule has 1 saturated heterocycles. The fourth-order valence-electron chi connectivity index (χ4n) is 1.70. The van der Waals surface area contributed by atoms with E-state index in [2.05, 4.69) is 0 Å². The van der Waals surface area contributed by atoms with E-state index in [-0.39, 0.29) is 0 Å². The van der Waals surface area contributed by atoms with Crippen molar-refractivity contribution in [1.82, 2.24) is 4.90 Å². The van der Waals surface area contributed by atoms with Crippen molar-refractivity contribution in [1.29, 1.82) is 0 Å². The molecule has 140 valence electrons. The summed E-state index contributed by atoms with van der Waals surface area (Å²) < 4.78 is 168. The van der Waals surface area contributed by atoms with Crippen LogP contribution in [0.4, 0.5) is 57.1 Å². The van der Waals surface area contributed by atoms with Crippen LogP contribution in [0.5, 0.6) is 0 Å². The number of alkyl halides is 11. The summed E-state index contributed by atoms with van der Waals surface area (Å²) in [6, 6.07) is -24.0. The molecule has 0 amide bonds. The number of carbonyl (C=O) groups excluding carboxylic acids is 2. The van der Waals surface area contributed by atoms with Gasteiger partial charge < -0.3 is 0 Å². The lowest BCUT2D eigenvalue weighted by molar-refractivity contribution is -0.355. The fourth-order valence-corrected chi connectivity index (χ4v) is 1.70. The van der Waals surface area contributed by atoms with Gasteiger partial charge in [-0.3, -0.25) is 9.59 Å². The van der Waals surface area contributed by atoms with Gasteiger partial charge in [-0.25, -0.2) is 4.39 Å². The molecular weight excluding hydrogens is 389 g/mol. The van der Waals surface area contributed by atoms with Gasteiger partial charge in [-0.15, -0.1) is 4.90 Å². The second kappa shape index (κ2) is 4.72. The minimum Gasteiger partial charge on any atom is -0.255 e. The van der Waals surface area contributed by atoms with Crippen molar-refractivity contribution in [2.45, 2.75) is 35.7 Å². The zero-order valence-corrected chi connectivity index (χ0v) is 10.2. The van der Waals surface area contributed by atoms with Crippen LogP contribution >= 0.6 is 0 Å². The molecule has 1 aliphatic rings. The molecule has 0 saturated carbocycles. The largest absolute Gasteiger partial charge is 0.394 e. The molecule has 0 N–H and O–H groups in total. The molecule has 1 aliphatic heterocycles. The van der Waals surface area contributed by atoms with Crippen LogP contribution in [-0.4, -0.2) is 52.6 Å². The molecular formula is C8F13NO2. The van der Waals surface area contributed by atoms with Crippen LogP contribution in [-0.2, 0) is 9.59 Å². The third kappa shape index (κ3) is 1.85. The van der Waals surface area contributed by atoms with Crippen molar-refractivity contribution >= 4 is 12.1 Å². The van der Waals surface area contributed by atoms with Crippen LogP contribution in [0.1, 0.15) is 0 Å². The van der Waals surface area contributed by atoms with E-state index >= 15 is 0 Å². The zero-order chi connectivity index (χ0) is 19.7. The lowest BCUT2D eigenvalue weighted by Gasteiger charge is -2.39. The molecule has 1 rings (SSSR count). The predicted molar refractivity (Wildman–Crippen MR) is 42.6 cm³/mol. The smallest absolute Gasteiger partial charge is 0.255 e. The highest BCUT2D eigenvalue weighted by Gasteiger charge is 2.98. The summed E-state index contributed by atoms with van der Waals surface area (Å²) in [5.74, 6) is -29.0. The highest BCUT2D eigenvalue weighted by Crippen LogP contribution is 2.66. The van der Waals surface area contributed by atoms with Gasteiger partial charge in [-0.2, -0.15) is 52.7 Å². The SMILES string of the molecule is O=C(F)C(F)(F)C(F)(C(=O)F)N1C(F)(F)C(F)(F)C(F)(F)C1(F)F. The third-order valence-electron chi connectivity index (χ3n) is 2.94. The van der Waals surface area contributed by atoms with E-state index in [1.165, 1.54) is 0 Å². The Balaban J connectivity index is 3.91. The molecule has 1 unspecified atom stereocenters. The van der Waals surface area contributed by atoms with Crippen molar-refractivity contribution in [2.24, 2.45) is 0 Å². The van der Waals surface area contributed by atoms with Gasteiger partial charge >= 0.3 is 47.7 Å². The molecule has 16 heteroatoms. The average molecular weight is 389 g/mol.